The van der Waals surface area contributed by atoms with Gasteiger partial charge < -0.3 is 4.74 Å². The van der Waals surface area contributed by atoms with Crippen LogP contribution in [0.5, 0.6) is 0 Å². The second-order valence-electron chi connectivity index (χ2n) is 4.79. The summed E-state index contributed by atoms with van der Waals surface area (Å²) in [6.07, 6.45) is 6.81. The molecule has 1 fully saturated rings. The van der Waals surface area contributed by atoms with Crippen LogP contribution >= 0.6 is 0 Å². The molecule has 1 aliphatic rings. The minimum atomic E-state index is -0.300. The van der Waals surface area contributed by atoms with Gasteiger partial charge in [0.1, 0.15) is 0 Å². The van der Waals surface area contributed by atoms with Gasteiger partial charge in [0.05, 0.1) is 30.4 Å². The lowest BCUT2D eigenvalue weighted by atomic mass is 10.1. The zero-order valence-corrected chi connectivity index (χ0v) is 10.4. The van der Waals surface area contributed by atoms with E-state index in [0.29, 0.717) is 11.6 Å². The number of aromatic nitrogens is 2. The molecule has 0 saturated heterocycles. The Morgan fingerprint density at radius 1 is 1.39 bits per heavy atom. The lowest BCUT2D eigenvalue weighted by Gasteiger charge is -2.11. The van der Waals surface area contributed by atoms with Crippen LogP contribution in [0.25, 0.3) is 10.9 Å². The summed E-state index contributed by atoms with van der Waals surface area (Å²) in [6.45, 7) is 0. The third-order valence-corrected chi connectivity index (χ3v) is 3.69. The van der Waals surface area contributed by atoms with Gasteiger partial charge >= 0.3 is 5.97 Å². The van der Waals surface area contributed by atoms with E-state index in [9.17, 15) is 4.79 Å². The Morgan fingerprint density at radius 3 is 2.89 bits per heavy atom. The molecule has 0 aliphatic heterocycles. The second-order valence-corrected chi connectivity index (χ2v) is 4.79. The van der Waals surface area contributed by atoms with Gasteiger partial charge in [0.15, 0.2) is 0 Å². The molecule has 0 unspecified atom stereocenters. The highest BCUT2D eigenvalue weighted by Crippen LogP contribution is 2.31. The quantitative estimate of drug-likeness (QED) is 0.763. The van der Waals surface area contributed by atoms with Crippen molar-refractivity contribution in [1.82, 2.24) is 9.78 Å². The van der Waals surface area contributed by atoms with Gasteiger partial charge in [-0.1, -0.05) is 12.8 Å². The summed E-state index contributed by atoms with van der Waals surface area (Å²) >= 11 is 0. The number of carbonyl (C=O) groups excluding carboxylic acids is 1. The van der Waals surface area contributed by atoms with Gasteiger partial charge in [-0.05, 0) is 31.0 Å². The molecule has 0 N–H and O–H groups in total. The minimum absolute atomic E-state index is 0.300. The number of carbonyl (C=O) groups is 1. The number of hydrogen-bond acceptors (Lipinski definition) is 3. The van der Waals surface area contributed by atoms with Gasteiger partial charge in [-0.2, -0.15) is 5.10 Å². The van der Waals surface area contributed by atoms with Crippen LogP contribution in [-0.4, -0.2) is 22.9 Å². The molecule has 0 bridgehead atoms. The van der Waals surface area contributed by atoms with Crippen LogP contribution in [-0.2, 0) is 4.74 Å². The predicted octanol–water partition coefficient (Wildman–Crippen LogP) is 2.94. The number of hydrogen-bond donors (Lipinski definition) is 0. The number of benzene rings is 1. The van der Waals surface area contributed by atoms with E-state index in [1.165, 1.54) is 32.8 Å². The van der Waals surface area contributed by atoms with Gasteiger partial charge in [0.25, 0.3) is 0 Å². The molecule has 1 heterocycles. The standard InChI is InChI=1S/C14H16N2O2/c1-18-14(17)10-6-7-13-11(8-10)9-15-16(13)12-4-2-3-5-12/h6-9,12H,2-5H2,1H3. The van der Waals surface area contributed by atoms with Gasteiger partial charge in [0, 0.05) is 5.39 Å². The maximum atomic E-state index is 11.5. The van der Waals surface area contributed by atoms with Crippen molar-refractivity contribution in [2.45, 2.75) is 31.7 Å². The van der Waals surface area contributed by atoms with Crippen molar-refractivity contribution in [3.05, 3.63) is 30.0 Å². The van der Waals surface area contributed by atoms with Crippen molar-refractivity contribution in [3.8, 4) is 0 Å². The molecule has 1 saturated carbocycles. The topological polar surface area (TPSA) is 44.1 Å². The maximum Gasteiger partial charge on any atom is 0.337 e. The van der Waals surface area contributed by atoms with Crippen molar-refractivity contribution in [2.75, 3.05) is 7.11 Å². The molecule has 0 amide bonds. The molecule has 4 nitrogen and oxygen atoms in total. The minimum Gasteiger partial charge on any atom is -0.465 e. The second kappa shape index (κ2) is 4.44. The van der Waals surface area contributed by atoms with Crippen LogP contribution < -0.4 is 0 Å². The summed E-state index contributed by atoms with van der Waals surface area (Å²) in [4.78, 5) is 11.5. The van der Waals surface area contributed by atoms with Gasteiger partial charge in [-0.3, -0.25) is 4.68 Å². The molecule has 18 heavy (non-hydrogen) atoms. The van der Waals surface area contributed by atoms with Gasteiger partial charge in [-0.25, -0.2) is 4.79 Å². The summed E-state index contributed by atoms with van der Waals surface area (Å²) < 4.78 is 6.83. The highest BCUT2D eigenvalue weighted by Gasteiger charge is 2.19. The molecular formula is C14H16N2O2. The molecule has 1 aromatic heterocycles. The zero-order chi connectivity index (χ0) is 12.5. The molecule has 3 rings (SSSR count). The summed E-state index contributed by atoms with van der Waals surface area (Å²) in [7, 11) is 1.40. The number of methoxy groups -OCH3 is 1. The Hall–Kier alpha value is -1.84. The average Bonchev–Trinajstić information content (AvgIpc) is 3.05. The average molecular weight is 244 g/mol. The third kappa shape index (κ3) is 1.78. The zero-order valence-electron chi connectivity index (χ0n) is 10.4. The van der Waals surface area contributed by atoms with E-state index in [0.717, 1.165) is 10.9 Å². The fourth-order valence-electron chi connectivity index (χ4n) is 2.74. The molecule has 1 aromatic carbocycles. The Kier molecular flexibility index (Phi) is 2.78. The number of rotatable bonds is 2. The van der Waals surface area contributed by atoms with Gasteiger partial charge in [-0.15, -0.1) is 0 Å². The van der Waals surface area contributed by atoms with E-state index < -0.39 is 0 Å². The number of ether oxygens (including phenoxy) is 1. The predicted molar refractivity (Wildman–Crippen MR) is 68.6 cm³/mol. The van der Waals surface area contributed by atoms with Crippen LogP contribution in [0.15, 0.2) is 24.4 Å². The van der Waals surface area contributed by atoms with Crippen molar-refractivity contribution < 1.29 is 9.53 Å². The highest BCUT2D eigenvalue weighted by molar-refractivity contribution is 5.94. The molecule has 0 spiro atoms. The number of nitrogens with zero attached hydrogens (tertiary/aromatic N) is 2. The van der Waals surface area contributed by atoms with E-state index >= 15 is 0 Å². The van der Waals surface area contributed by atoms with Crippen molar-refractivity contribution in [3.63, 3.8) is 0 Å². The van der Waals surface area contributed by atoms with Crippen molar-refractivity contribution >= 4 is 16.9 Å². The van der Waals surface area contributed by atoms with Crippen LogP contribution in [0.1, 0.15) is 42.1 Å². The van der Waals surface area contributed by atoms with Crippen LogP contribution in [0.4, 0.5) is 0 Å². The first kappa shape index (κ1) is 11.3. The monoisotopic (exact) mass is 244 g/mol. The molecule has 1 aliphatic carbocycles. The molecule has 4 heteroatoms. The van der Waals surface area contributed by atoms with E-state index in [2.05, 4.69) is 9.78 Å². The van der Waals surface area contributed by atoms with Crippen LogP contribution in [0.2, 0.25) is 0 Å². The van der Waals surface area contributed by atoms with Crippen LogP contribution in [0.3, 0.4) is 0 Å². The highest BCUT2D eigenvalue weighted by atomic mass is 16.5. The fraction of sp³-hybridized carbons (Fsp3) is 0.429. The third-order valence-electron chi connectivity index (χ3n) is 3.69. The summed E-state index contributed by atoms with van der Waals surface area (Å²) in [6, 6.07) is 6.14. The smallest absolute Gasteiger partial charge is 0.337 e. The fourth-order valence-corrected chi connectivity index (χ4v) is 2.74. The summed E-state index contributed by atoms with van der Waals surface area (Å²) in [5, 5.41) is 5.47. The van der Waals surface area contributed by atoms with Crippen molar-refractivity contribution in [1.29, 1.82) is 0 Å². The Morgan fingerprint density at radius 2 is 2.17 bits per heavy atom. The molecular weight excluding hydrogens is 228 g/mol. The largest absolute Gasteiger partial charge is 0.465 e. The summed E-state index contributed by atoms with van der Waals surface area (Å²) in [5.41, 5.74) is 1.69. The molecule has 2 aromatic rings. The first-order valence-corrected chi connectivity index (χ1v) is 6.35. The molecule has 94 valence electrons. The maximum absolute atomic E-state index is 11.5. The Labute approximate surface area is 106 Å². The van der Waals surface area contributed by atoms with Crippen molar-refractivity contribution in [2.24, 2.45) is 0 Å². The number of fused-ring (bicyclic) bond motifs is 1. The normalized spacial score (nSPS) is 16.3. The Bertz CT molecular complexity index is 582. The first-order chi connectivity index (χ1) is 8.79. The van der Waals surface area contributed by atoms with E-state index in [-0.39, 0.29) is 5.97 Å². The summed E-state index contributed by atoms with van der Waals surface area (Å²) in [5.74, 6) is -0.300. The van der Waals surface area contributed by atoms with Gasteiger partial charge in [0.2, 0.25) is 0 Å². The van der Waals surface area contributed by atoms with Crippen LogP contribution in [0, 0.1) is 0 Å². The Balaban J connectivity index is 2.02. The molecule has 0 atom stereocenters. The lowest BCUT2D eigenvalue weighted by molar-refractivity contribution is 0.0601. The SMILES string of the molecule is COC(=O)c1ccc2c(cnn2C2CCCC2)c1. The number of esters is 1. The van der Waals surface area contributed by atoms with E-state index in [4.69, 9.17) is 4.74 Å². The molecule has 0 radical (unpaired) electrons. The first-order valence-electron chi connectivity index (χ1n) is 6.35. The van der Waals surface area contributed by atoms with E-state index in [1.54, 1.807) is 6.07 Å². The lowest BCUT2D eigenvalue weighted by Crippen LogP contribution is -2.06. The van der Waals surface area contributed by atoms with E-state index in [1.807, 2.05) is 18.3 Å².